The second-order valence-electron chi connectivity index (χ2n) is 6.20. The van der Waals surface area contributed by atoms with Crippen LogP contribution in [0.4, 0.5) is 5.69 Å². The van der Waals surface area contributed by atoms with Gasteiger partial charge in [-0.25, -0.2) is 8.42 Å². The van der Waals surface area contributed by atoms with Crippen LogP contribution in [0, 0.1) is 0 Å². The molecular weight excluding hydrogens is 352 g/mol. The number of methoxy groups -OCH3 is 1. The number of carbonyl (C=O) groups is 1. The number of sulfonamides is 1. The van der Waals surface area contributed by atoms with E-state index in [0.717, 1.165) is 5.56 Å². The van der Waals surface area contributed by atoms with E-state index < -0.39 is 10.0 Å². The van der Waals surface area contributed by atoms with E-state index >= 15 is 0 Å². The van der Waals surface area contributed by atoms with Crippen molar-refractivity contribution in [3.05, 3.63) is 53.6 Å². The average Bonchev–Trinajstić information content (AvgIpc) is 2.97. The number of para-hydroxylation sites is 1. The number of rotatable bonds is 5. The zero-order valence-electron chi connectivity index (χ0n) is 15.0. The lowest BCUT2D eigenvalue weighted by Crippen LogP contribution is -2.36. The van der Waals surface area contributed by atoms with Crippen LogP contribution in [-0.4, -0.2) is 34.0 Å². The molecule has 1 aliphatic heterocycles. The number of nitrogens with zero attached hydrogens (tertiary/aromatic N) is 1. The van der Waals surface area contributed by atoms with Crippen molar-refractivity contribution in [3.8, 4) is 5.75 Å². The molecule has 0 fully saturated rings. The molecule has 0 spiro atoms. The van der Waals surface area contributed by atoms with Crippen LogP contribution in [0.3, 0.4) is 0 Å². The van der Waals surface area contributed by atoms with E-state index in [1.54, 1.807) is 6.92 Å². The van der Waals surface area contributed by atoms with E-state index in [0.29, 0.717) is 24.4 Å². The molecule has 1 heterocycles. The van der Waals surface area contributed by atoms with Crippen LogP contribution in [0.15, 0.2) is 47.4 Å². The van der Waals surface area contributed by atoms with E-state index in [2.05, 4.69) is 5.32 Å². The Hall–Kier alpha value is -2.54. The molecule has 7 heteroatoms. The Morgan fingerprint density at radius 2 is 2.00 bits per heavy atom. The molecule has 0 aliphatic carbocycles. The second kappa shape index (κ2) is 6.99. The van der Waals surface area contributed by atoms with Crippen molar-refractivity contribution in [2.45, 2.75) is 31.2 Å². The predicted molar refractivity (Wildman–Crippen MR) is 100 cm³/mol. The number of carbonyl (C=O) groups excluding carboxylic acids is 1. The maximum Gasteiger partial charge on any atom is 0.264 e. The fourth-order valence-electron chi connectivity index (χ4n) is 3.30. The summed E-state index contributed by atoms with van der Waals surface area (Å²) in [6.45, 7) is 4.12. The topological polar surface area (TPSA) is 75.7 Å². The van der Waals surface area contributed by atoms with Gasteiger partial charge in [-0.2, -0.15) is 0 Å². The fourth-order valence-corrected chi connectivity index (χ4v) is 5.02. The molecule has 1 amide bonds. The lowest BCUT2D eigenvalue weighted by atomic mass is 10.1. The SMILES string of the molecule is CCNC(=O)c1cc(S(=O)(=O)N2c3ccccc3CC2C)ccc1OC. The smallest absolute Gasteiger partial charge is 0.264 e. The van der Waals surface area contributed by atoms with Crippen molar-refractivity contribution in [2.75, 3.05) is 18.0 Å². The Labute approximate surface area is 153 Å². The number of fused-ring (bicyclic) bond motifs is 1. The van der Waals surface area contributed by atoms with Gasteiger partial charge in [-0.3, -0.25) is 9.10 Å². The van der Waals surface area contributed by atoms with Crippen LogP contribution >= 0.6 is 0 Å². The molecule has 26 heavy (non-hydrogen) atoms. The molecule has 1 aliphatic rings. The van der Waals surface area contributed by atoms with Crippen LogP contribution in [-0.2, 0) is 16.4 Å². The van der Waals surface area contributed by atoms with Gasteiger partial charge in [0.05, 0.1) is 23.3 Å². The van der Waals surface area contributed by atoms with Gasteiger partial charge in [-0.05, 0) is 50.1 Å². The van der Waals surface area contributed by atoms with Crippen LogP contribution in [0.1, 0.15) is 29.8 Å². The Bertz CT molecular complexity index is 940. The normalized spacial score (nSPS) is 16.3. The van der Waals surface area contributed by atoms with Crippen molar-refractivity contribution in [2.24, 2.45) is 0 Å². The number of amides is 1. The fraction of sp³-hybridized carbons (Fsp3) is 0.316. The first kappa shape index (κ1) is 18.3. The number of hydrogen-bond acceptors (Lipinski definition) is 4. The zero-order valence-corrected chi connectivity index (χ0v) is 15.8. The monoisotopic (exact) mass is 374 g/mol. The molecule has 1 atom stereocenters. The molecule has 1 N–H and O–H groups in total. The highest BCUT2D eigenvalue weighted by Gasteiger charge is 2.36. The summed E-state index contributed by atoms with van der Waals surface area (Å²) in [5.41, 5.74) is 1.90. The van der Waals surface area contributed by atoms with Crippen molar-refractivity contribution >= 4 is 21.6 Å². The van der Waals surface area contributed by atoms with E-state index in [-0.39, 0.29) is 22.4 Å². The minimum atomic E-state index is -3.80. The highest BCUT2D eigenvalue weighted by molar-refractivity contribution is 7.92. The highest BCUT2D eigenvalue weighted by Crippen LogP contribution is 2.37. The van der Waals surface area contributed by atoms with Crippen LogP contribution in [0.2, 0.25) is 0 Å². The standard InChI is InChI=1S/C19H22N2O4S/c1-4-20-19(22)16-12-15(9-10-18(16)25-3)26(23,24)21-13(2)11-14-7-5-6-8-17(14)21/h5-10,12-13H,4,11H2,1-3H3,(H,20,22). The number of anilines is 1. The first-order chi connectivity index (χ1) is 12.4. The molecule has 3 rings (SSSR count). The largest absolute Gasteiger partial charge is 0.496 e. The summed E-state index contributed by atoms with van der Waals surface area (Å²) in [4.78, 5) is 12.4. The summed E-state index contributed by atoms with van der Waals surface area (Å²) in [5, 5.41) is 2.68. The summed E-state index contributed by atoms with van der Waals surface area (Å²) in [7, 11) is -2.35. The summed E-state index contributed by atoms with van der Waals surface area (Å²) >= 11 is 0. The molecule has 1 unspecified atom stereocenters. The van der Waals surface area contributed by atoms with Crippen molar-refractivity contribution in [3.63, 3.8) is 0 Å². The third kappa shape index (κ3) is 3.03. The van der Waals surface area contributed by atoms with Gasteiger partial charge in [0.15, 0.2) is 0 Å². The molecule has 2 aromatic carbocycles. The van der Waals surface area contributed by atoms with Crippen LogP contribution in [0.25, 0.3) is 0 Å². The van der Waals surface area contributed by atoms with Gasteiger partial charge >= 0.3 is 0 Å². The lowest BCUT2D eigenvalue weighted by molar-refractivity contribution is 0.0952. The van der Waals surface area contributed by atoms with Gasteiger partial charge in [0, 0.05) is 12.6 Å². The van der Waals surface area contributed by atoms with E-state index in [9.17, 15) is 13.2 Å². The minimum Gasteiger partial charge on any atom is -0.496 e. The molecule has 138 valence electrons. The van der Waals surface area contributed by atoms with Gasteiger partial charge in [0.25, 0.3) is 15.9 Å². The van der Waals surface area contributed by atoms with Crippen LogP contribution < -0.4 is 14.4 Å². The van der Waals surface area contributed by atoms with Gasteiger partial charge < -0.3 is 10.1 Å². The van der Waals surface area contributed by atoms with Crippen molar-refractivity contribution < 1.29 is 17.9 Å². The Morgan fingerprint density at radius 3 is 2.69 bits per heavy atom. The third-order valence-corrected chi connectivity index (χ3v) is 6.38. The second-order valence-corrected chi connectivity index (χ2v) is 8.02. The lowest BCUT2D eigenvalue weighted by Gasteiger charge is -2.25. The van der Waals surface area contributed by atoms with Crippen molar-refractivity contribution in [1.29, 1.82) is 0 Å². The van der Waals surface area contributed by atoms with Crippen LogP contribution in [0.5, 0.6) is 5.75 Å². The van der Waals surface area contributed by atoms with E-state index in [1.165, 1.54) is 29.6 Å². The average molecular weight is 374 g/mol. The summed E-state index contributed by atoms with van der Waals surface area (Å²) in [5.74, 6) is -0.0268. The molecule has 0 aromatic heterocycles. The molecule has 0 bridgehead atoms. The molecule has 0 saturated heterocycles. The predicted octanol–water partition coefficient (Wildman–Crippen LogP) is 2.58. The Morgan fingerprint density at radius 1 is 1.27 bits per heavy atom. The van der Waals surface area contributed by atoms with Gasteiger partial charge in [-0.1, -0.05) is 18.2 Å². The highest BCUT2D eigenvalue weighted by atomic mass is 32.2. The molecular formula is C19H22N2O4S. The molecule has 0 saturated carbocycles. The maximum absolute atomic E-state index is 13.3. The summed E-state index contributed by atoms with van der Waals surface area (Å²) in [6, 6.07) is 11.7. The van der Waals surface area contributed by atoms with E-state index in [1.807, 2.05) is 31.2 Å². The van der Waals surface area contributed by atoms with Gasteiger partial charge in [0.1, 0.15) is 5.75 Å². The minimum absolute atomic E-state index is 0.0723. The Balaban J connectivity index is 2.08. The number of benzene rings is 2. The first-order valence-corrected chi connectivity index (χ1v) is 9.92. The van der Waals surface area contributed by atoms with Gasteiger partial charge in [0.2, 0.25) is 0 Å². The number of ether oxygens (including phenoxy) is 1. The first-order valence-electron chi connectivity index (χ1n) is 8.48. The van der Waals surface area contributed by atoms with Crippen molar-refractivity contribution in [1.82, 2.24) is 5.32 Å². The van der Waals surface area contributed by atoms with E-state index in [4.69, 9.17) is 4.74 Å². The quantitative estimate of drug-likeness (QED) is 0.873. The Kier molecular flexibility index (Phi) is 4.91. The zero-order chi connectivity index (χ0) is 18.9. The number of hydrogen-bond donors (Lipinski definition) is 1. The summed E-state index contributed by atoms with van der Waals surface area (Å²) < 4.78 is 33.2. The summed E-state index contributed by atoms with van der Waals surface area (Å²) in [6.07, 6.45) is 0.661. The third-order valence-electron chi connectivity index (χ3n) is 4.45. The number of nitrogens with one attached hydrogen (secondary N) is 1. The van der Waals surface area contributed by atoms with Gasteiger partial charge in [-0.15, -0.1) is 0 Å². The molecule has 2 aromatic rings. The molecule has 0 radical (unpaired) electrons. The maximum atomic E-state index is 13.3. The molecule has 6 nitrogen and oxygen atoms in total.